The minimum atomic E-state index is -2.63. The van der Waals surface area contributed by atoms with Gasteiger partial charge in [0.15, 0.2) is 0 Å². The van der Waals surface area contributed by atoms with Crippen molar-refractivity contribution in [1.82, 2.24) is 0 Å². The Morgan fingerprint density at radius 3 is 2.63 bits per heavy atom. The van der Waals surface area contributed by atoms with Gasteiger partial charge in [0, 0.05) is 24.4 Å². The topological polar surface area (TPSA) is 55.1 Å². The van der Waals surface area contributed by atoms with E-state index in [9.17, 15) is 13.6 Å². The lowest BCUT2D eigenvalue weighted by molar-refractivity contribution is -0.124. The molecule has 0 saturated heterocycles. The Labute approximate surface area is 115 Å². The molecule has 1 saturated carbocycles. The Kier molecular flexibility index (Phi) is 3.94. The summed E-state index contributed by atoms with van der Waals surface area (Å²) in [6.07, 6.45) is -0.0942. The molecule has 0 bridgehead atoms. The standard InChI is InChI=1S/C13H15ClF2N2O/c14-10-2-1-9(17)7-11(10)18-12(19)8-3-5-13(15,16)6-4-8/h1-2,7-8H,3-6,17H2,(H,18,19). The van der Waals surface area contributed by atoms with Gasteiger partial charge in [0.25, 0.3) is 0 Å². The average Bonchev–Trinajstić information content (AvgIpc) is 2.33. The largest absolute Gasteiger partial charge is 0.399 e. The zero-order chi connectivity index (χ0) is 14.0. The zero-order valence-corrected chi connectivity index (χ0v) is 11.0. The van der Waals surface area contributed by atoms with E-state index in [-0.39, 0.29) is 31.6 Å². The third-order valence-corrected chi connectivity index (χ3v) is 3.67. The second-order valence-corrected chi connectivity index (χ2v) is 5.27. The highest BCUT2D eigenvalue weighted by atomic mass is 35.5. The van der Waals surface area contributed by atoms with Gasteiger partial charge in [-0.25, -0.2) is 8.78 Å². The number of nitrogen functional groups attached to an aromatic ring is 1. The highest BCUT2D eigenvalue weighted by Crippen LogP contribution is 2.37. The van der Waals surface area contributed by atoms with Crippen molar-refractivity contribution in [3.05, 3.63) is 23.2 Å². The van der Waals surface area contributed by atoms with Crippen LogP contribution in [0.2, 0.25) is 5.02 Å². The summed E-state index contributed by atoms with van der Waals surface area (Å²) in [5, 5.41) is 3.03. The number of benzene rings is 1. The number of rotatable bonds is 2. The summed E-state index contributed by atoms with van der Waals surface area (Å²) in [6, 6.07) is 4.76. The second kappa shape index (κ2) is 5.33. The molecule has 0 radical (unpaired) electrons. The van der Waals surface area contributed by atoms with Crippen molar-refractivity contribution >= 4 is 28.9 Å². The van der Waals surface area contributed by atoms with Crippen molar-refractivity contribution in [2.24, 2.45) is 5.92 Å². The number of anilines is 2. The maximum atomic E-state index is 13.0. The molecule has 1 amide bonds. The van der Waals surface area contributed by atoms with E-state index in [1.807, 2.05) is 0 Å². The van der Waals surface area contributed by atoms with Gasteiger partial charge in [-0.1, -0.05) is 11.6 Å². The molecule has 1 fully saturated rings. The highest BCUT2D eigenvalue weighted by Gasteiger charge is 2.37. The lowest BCUT2D eigenvalue weighted by atomic mass is 9.86. The van der Waals surface area contributed by atoms with Crippen molar-refractivity contribution in [3.63, 3.8) is 0 Å². The summed E-state index contributed by atoms with van der Waals surface area (Å²) in [5.41, 5.74) is 6.51. The van der Waals surface area contributed by atoms with Crippen LogP contribution in [0, 0.1) is 5.92 Å². The molecule has 3 N–H and O–H groups in total. The van der Waals surface area contributed by atoms with Gasteiger partial charge in [0.05, 0.1) is 10.7 Å². The molecule has 1 aliphatic carbocycles. The van der Waals surface area contributed by atoms with E-state index in [1.165, 1.54) is 0 Å². The van der Waals surface area contributed by atoms with Gasteiger partial charge in [0.2, 0.25) is 11.8 Å². The number of nitrogens with one attached hydrogen (secondary N) is 1. The van der Waals surface area contributed by atoms with E-state index in [0.29, 0.717) is 16.4 Å². The number of alkyl halides is 2. The van der Waals surface area contributed by atoms with E-state index >= 15 is 0 Å². The van der Waals surface area contributed by atoms with Crippen LogP contribution in [-0.2, 0) is 4.79 Å². The number of amides is 1. The second-order valence-electron chi connectivity index (χ2n) is 4.86. The predicted octanol–water partition coefficient (Wildman–Crippen LogP) is 3.69. The third kappa shape index (κ3) is 3.56. The van der Waals surface area contributed by atoms with Crippen molar-refractivity contribution in [1.29, 1.82) is 0 Å². The molecule has 0 atom stereocenters. The molecule has 0 spiro atoms. The summed E-state index contributed by atoms with van der Waals surface area (Å²) < 4.78 is 26.0. The van der Waals surface area contributed by atoms with Gasteiger partial charge in [-0.3, -0.25) is 4.79 Å². The molecule has 1 aliphatic rings. The van der Waals surface area contributed by atoms with Crippen molar-refractivity contribution in [3.8, 4) is 0 Å². The lowest BCUT2D eigenvalue weighted by Crippen LogP contribution is -2.31. The quantitative estimate of drug-likeness (QED) is 0.816. The van der Waals surface area contributed by atoms with Crippen LogP contribution >= 0.6 is 11.6 Å². The molecule has 0 heterocycles. The Morgan fingerprint density at radius 1 is 1.37 bits per heavy atom. The predicted molar refractivity (Wildman–Crippen MR) is 71.4 cm³/mol. The fourth-order valence-electron chi connectivity index (χ4n) is 2.18. The molecule has 104 valence electrons. The van der Waals surface area contributed by atoms with Crippen molar-refractivity contribution < 1.29 is 13.6 Å². The summed E-state index contributed by atoms with van der Waals surface area (Å²) >= 11 is 5.93. The van der Waals surface area contributed by atoms with Crippen LogP contribution in [0.4, 0.5) is 20.2 Å². The number of carbonyl (C=O) groups is 1. The SMILES string of the molecule is Nc1ccc(Cl)c(NC(=O)C2CCC(F)(F)CC2)c1. The molecule has 0 aromatic heterocycles. The van der Waals surface area contributed by atoms with E-state index < -0.39 is 11.8 Å². The van der Waals surface area contributed by atoms with E-state index in [0.717, 1.165) is 0 Å². The molecule has 3 nitrogen and oxygen atoms in total. The van der Waals surface area contributed by atoms with Gasteiger partial charge in [-0.2, -0.15) is 0 Å². The minimum absolute atomic E-state index is 0.193. The molecule has 6 heteroatoms. The van der Waals surface area contributed by atoms with Crippen molar-refractivity contribution in [2.45, 2.75) is 31.6 Å². The fraction of sp³-hybridized carbons (Fsp3) is 0.462. The zero-order valence-electron chi connectivity index (χ0n) is 10.3. The van der Waals surface area contributed by atoms with Crippen LogP contribution < -0.4 is 11.1 Å². The Balaban J connectivity index is 2.00. The molecule has 0 unspecified atom stereocenters. The summed E-state index contributed by atoms with van der Waals surface area (Å²) in [7, 11) is 0. The fourth-order valence-corrected chi connectivity index (χ4v) is 2.34. The first-order valence-corrected chi connectivity index (χ1v) is 6.49. The van der Waals surface area contributed by atoms with E-state index in [2.05, 4.69) is 5.32 Å². The number of halogens is 3. The monoisotopic (exact) mass is 288 g/mol. The number of hydrogen-bond acceptors (Lipinski definition) is 2. The normalized spacial score (nSPS) is 19.1. The smallest absolute Gasteiger partial charge is 0.248 e. The van der Waals surface area contributed by atoms with Gasteiger partial charge >= 0.3 is 0 Å². The average molecular weight is 289 g/mol. The molecule has 1 aromatic rings. The molecule has 0 aliphatic heterocycles. The highest BCUT2D eigenvalue weighted by molar-refractivity contribution is 6.33. The maximum Gasteiger partial charge on any atom is 0.248 e. The molecular weight excluding hydrogens is 274 g/mol. The maximum absolute atomic E-state index is 13.0. The first kappa shape index (κ1) is 14.1. The summed E-state index contributed by atoms with van der Waals surface area (Å²) in [4.78, 5) is 12.0. The van der Waals surface area contributed by atoms with Crippen LogP contribution in [-0.4, -0.2) is 11.8 Å². The third-order valence-electron chi connectivity index (χ3n) is 3.34. The molecule has 2 rings (SSSR count). The van der Waals surface area contributed by atoms with E-state index in [1.54, 1.807) is 18.2 Å². The van der Waals surface area contributed by atoms with Gasteiger partial charge in [-0.05, 0) is 31.0 Å². The van der Waals surface area contributed by atoms with E-state index in [4.69, 9.17) is 17.3 Å². The molecular formula is C13H15ClF2N2O. The number of carbonyl (C=O) groups excluding carboxylic acids is 1. The van der Waals surface area contributed by atoms with Crippen molar-refractivity contribution in [2.75, 3.05) is 11.1 Å². The van der Waals surface area contributed by atoms with Crippen LogP contribution in [0.25, 0.3) is 0 Å². The first-order chi connectivity index (χ1) is 8.87. The summed E-state index contributed by atoms with van der Waals surface area (Å²) in [5.74, 6) is -3.30. The van der Waals surface area contributed by atoms with Crippen LogP contribution in [0.15, 0.2) is 18.2 Å². The Morgan fingerprint density at radius 2 is 2.00 bits per heavy atom. The molecule has 19 heavy (non-hydrogen) atoms. The van der Waals surface area contributed by atoms with Gasteiger partial charge in [-0.15, -0.1) is 0 Å². The van der Waals surface area contributed by atoms with Crippen LogP contribution in [0.3, 0.4) is 0 Å². The van der Waals surface area contributed by atoms with Gasteiger partial charge in [0.1, 0.15) is 0 Å². The first-order valence-electron chi connectivity index (χ1n) is 6.11. The molecule has 1 aromatic carbocycles. The van der Waals surface area contributed by atoms with Crippen LogP contribution in [0.1, 0.15) is 25.7 Å². The number of hydrogen-bond donors (Lipinski definition) is 2. The minimum Gasteiger partial charge on any atom is -0.399 e. The lowest BCUT2D eigenvalue weighted by Gasteiger charge is -2.27. The summed E-state index contributed by atoms with van der Waals surface area (Å²) in [6.45, 7) is 0. The Hall–Kier alpha value is -1.36. The van der Waals surface area contributed by atoms with Crippen LogP contribution in [0.5, 0.6) is 0 Å². The Bertz CT molecular complexity index is 484. The van der Waals surface area contributed by atoms with Gasteiger partial charge < -0.3 is 11.1 Å². The number of nitrogens with two attached hydrogens (primary N) is 1.